The largest absolute Gasteiger partial charge is 0.343 e. The Labute approximate surface area is 151 Å². The molecule has 136 valence electrons. The molecule has 0 radical (unpaired) electrons. The molecule has 0 spiro atoms. The molecule has 2 heterocycles. The molecule has 0 bridgehead atoms. The number of aryl methyl sites for hydroxylation is 1. The minimum atomic E-state index is -0.452. The minimum Gasteiger partial charge on any atom is -0.343 e. The van der Waals surface area contributed by atoms with E-state index in [1.54, 1.807) is 27.1 Å². The van der Waals surface area contributed by atoms with Crippen molar-refractivity contribution in [2.75, 3.05) is 26.0 Å². The Morgan fingerprint density at radius 3 is 2.69 bits per heavy atom. The maximum Gasteiger partial charge on any atom is 0.271 e. The van der Waals surface area contributed by atoms with Gasteiger partial charge in [0.25, 0.3) is 11.8 Å². The highest BCUT2D eigenvalue weighted by atomic mass is 19.1. The lowest BCUT2D eigenvalue weighted by Crippen LogP contribution is -2.25. The summed E-state index contributed by atoms with van der Waals surface area (Å²) in [6.45, 7) is 2.99. The standard InChI is InChI=1S/C19H21FN4O2/c1-11-13(5-7-16(22-11)19(26)24(2)3)18(25)23-15-6-4-12-10-21-9-8-14(12)17(15)20/h4-7,21H,8-10H2,1-3H3,(H,23,25). The lowest BCUT2D eigenvalue weighted by molar-refractivity contribution is 0.0821. The highest BCUT2D eigenvalue weighted by Gasteiger charge is 2.20. The third-order valence-electron chi connectivity index (χ3n) is 4.41. The maximum absolute atomic E-state index is 14.7. The van der Waals surface area contributed by atoms with Gasteiger partial charge in [0.15, 0.2) is 0 Å². The second kappa shape index (κ2) is 7.21. The molecular formula is C19H21FN4O2. The zero-order chi connectivity index (χ0) is 18.8. The molecule has 1 aromatic heterocycles. The van der Waals surface area contributed by atoms with Gasteiger partial charge in [0.05, 0.1) is 16.9 Å². The summed E-state index contributed by atoms with van der Waals surface area (Å²) in [7, 11) is 3.27. The molecule has 0 fully saturated rings. The van der Waals surface area contributed by atoms with Crippen molar-refractivity contribution < 1.29 is 14.0 Å². The van der Waals surface area contributed by atoms with Crippen molar-refractivity contribution in [3.05, 3.63) is 58.2 Å². The van der Waals surface area contributed by atoms with Crippen molar-refractivity contribution in [3.63, 3.8) is 0 Å². The summed E-state index contributed by atoms with van der Waals surface area (Å²) in [5.41, 5.74) is 2.69. The summed E-state index contributed by atoms with van der Waals surface area (Å²) in [5.74, 6) is -1.08. The van der Waals surface area contributed by atoms with Crippen LogP contribution < -0.4 is 10.6 Å². The highest BCUT2D eigenvalue weighted by molar-refractivity contribution is 6.05. The number of pyridine rings is 1. The molecule has 2 amide bonds. The Balaban J connectivity index is 1.84. The highest BCUT2D eigenvalue weighted by Crippen LogP contribution is 2.25. The Kier molecular flexibility index (Phi) is 4.99. The number of carbonyl (C=O) groups is 2. The molecule has 0 saturated carbocycles. The monoisotopic (exact) mass is 356 g/mol. The fourth-order valence-electron chi connectivity index (χ4n) is 2.97. The fraction of sp³-hybridized carbons (Fsp3) is 0.316. The Morgan fingerprint density at radius 1 is 1.23 bits per heavy atom. The molecule has 2 aromatic rings. The van der Waals surface area contributed by atoms with Crippen LogP contribution in [0.2, 0.25) is 0 Å². The van der Waals surface area contributed by atoms with Gasteiger partial charge in [-0.25, -0.2) is 9.37 Å². The first-order valence-corrected chi connectivity index (χ1v) is 8.40. The van der Waals surface area contributed by atoms with Crippen LogP contribution in [0.3, 0.4) is 0 Å². The van der Waals surface area contributed by atoms with Gasteiger partial charge in [-0.15, -0.1) is 0 Å². The van der Waals surface area contributed by atoms with E-state index in [2.05, 4.69) is 15.6 Å². The molecule has 0 saturated heterocycles. The van der Waals surface area contributed by atoms with Crippen LogP contribution in [0.25, 0.3) is 0 Å². The Morgan fingerprint density at radius 2 is 2.00 bits per heavy atom. The molecule has 2 N–H and O–H groups in total. The molecule has 0 atom stereocenters. The lowest BCUT2D eigenvalue weighted by Gasteiger charge is -2.19. The normalized spacial score (nSPS) is 13.1. The topological polar surface area (TPSA) is 74.3 Å². The molecular weight excluding hydrogens is 335 g/mol. The lowest BCUT2D eigenvalue weighted by atomic mass is 9.99. The van der Waals surface area contributed by atoms with Crippen LogP contribution >= 0.6 is 0 Å². The summed E-state index contributed by atoms with van der Waals surface area (Å²) < 4.78 is 14.7. The number of hydrogen-bond donors (Lipinski definition) is 2. The van der Waals surface area contributed by atoms with Gasteiger partial charge in [0, 0.05) is 20.6 Å². The van der Waals surface area contributed by atoms with Crippen LogP contribution in [-0.2, 0) is 13.0 Å². The molecule has 6 nitrogen and oxygen atoms in total. The number of carbonyl (C=O) groups excluding carboxylic acids is 2. The van der Waals surface area contributed by atoms with Crippen LogP contribution in [0, 0.1) is 12.7 Å². The molecule has 1 aromatic carbocycles. The summed E-state index contributed by atoms with van der Waals surface area (Å²) in [5, 5.41) is 5.81. The van der Waals surface area contributed by atoms with Gasteiger partial charge in [0.2, 0.25) is 0 Å². The smallest absolute Gasteiger partial charge is 0.271 e. The van der Waals surface area contributed by atoms with Crippen molar-refractivity contribution in [2.45, 2.75) is 19.9 Å². The SMILES string of the molecule is Cc1nc(C(=O)N(C)C)ccc1C(=O)Nc1ccc2c(c1F)CCNC2. The van der Waals surface area contributed by atoms with E-state index >= 15 is 0 Å². The quantitative estimate of drug-likeness (QED) is 0.884. The van der Waals surface area contributed by atoms with E-state index in [1.165, 1.54) is 17.0 Å². The van der Waals surface area contributed by atoms with E-state index in [0.29, 0.717) is 36.3 Å². The zero-order valence-electron chi connectivity index (χ0n) is 15.0. The first-order chi connectivity index (χ1) is 12.4. The van der Waals surface area contributed by atoms with Crippen LogP contribution in [0.1, 0.15) is 37.7 Å². The minimum absolute atomic E-state index is 0.156. The fourth-order valence-corrected chi connectivity index (χ4v) is 2.97. The van der Waals surface area contributed by atoms with Crippen molar-refractivity contribution in [2.24, 2.45) is 0 Å². The number of benzene rings is 1. The van der Waals surface area contributed by atoms with E-state index in [-0.39, 0.29) is 23.1 Å². The maximum atomic E-state index is 14.7. The number of nitrogens with zero attached hydrogens (tertiary/aromatic N) is 2. The van der Waals surface area contributed by atoms with Gasteiger partial charge in [0.1, 0.15) is 11.5 Å². The van der Waals surface area contributed by atoms with Gasteiger partial charge in [-0.2, -0.15) is 0 Å². The van der Waals surface area contributed by atoms with E-state index in [9.17, 15) is 14.0 Å². The van der Waals surface area contributed by atoms with Crippen LogP contribution in [-0.4, -0.2) is 42.3 Å². The first-order valence-electron chi connectivity index (χ1n) is 8.40. The first kappa shape index (κ1) is 18.0. The summed E-state index contributed by atoms with van der Waals surface area (Å²) >= 11 is 0. The predicted octanol–water partition coefficient (Wildman–Crippen LogP) is 2.13. The van der Waals surface area contributed by atoms with Gasteiger partial charge in [-0.05, 0) is 49.2 Å². The molecule has 7 heteroatoms. The van der Waals surface area contributed by atoms with Crippen molar-refractivity contribution in [3.8, 4) is 0 Å². The third-order valence-corrected chi connectivity index (χ3v) is 4.41. The van der Waals surface area contributed by atoms with Crippen molar-refractivity contribution in [1.82, 2.24) is 15.2 Å². The molecule has 0 aliphatic carbocycles. The van der Waals surface area contributed by atoms with Crippen LogP contribution in [0.4, 0.5) is 10.1 Å². The van der Waals surface area contributed by atoms with Gasteiger partial charge < -0.3 is 15.5 Å². The number of nitrogens with one attached hydrogen (secondary N) is 2. The average molecular weight is 356 g/mol. The van der Waals surface area contributed by atoms with Crippen molar-refractivity contribution in [1.29, 1.82) is 0 Å². The summed E-state index contributed by atoms with van der Waals surface area (Å²) in [6, 6.07) is 6.43. The second-order valence-electron chi connectivity index (χ2n) is 6.47. The number of amides is 2. The summed E-state index contributed by atoms with van der Waals surface area (Å²) in [4.78, 5) is 30.1. The number of fused-ring (bicyclic) bond motifs is 1. The summed E-state index contributed by atoms with van der Waals surface area (Å²) in [6.07, 6.45) is 0.590. The number of anilines is 1. The van der Waals surface area contributed by atoms with E-state index in [0.717, 1.165) is 5.56 Å². The number of hydrogen-bond acceptors (Lipinski definition) is 4. The van der Waals surface area contributed by atoms with Crippen molar-refractivity contribution >= 4 is 17.5 Å². The molecule has 26 heavy (non-hydrogen) atoms. The second-order valence-corrected chi connectivity index (χ2v) is 6.47. The Bertz CT molecular complexity index is 880. The van der Waals surface area contributed by atoms with Gasteiger partial charge in [-0.3, -0.25) is 9.59 Å². The molecule has 1 aliphatic rings. The van der Waals surface area contributed by atoms with Crippen LogP contribution in [0.5, 0.6) is 0 Å². The average Bonchev–Trinajstić information content (AvgIpc) is 2.63. The van der Waals surface area contributed by atoms with Crippen LogP contribution in [0.15, 0.2) is 24.3 Å². The van der Waals surface area contributed by atoms with E-state index in [4.69, 9.17) is 0 Å². The zero-order valence-corrected chi connectivity index (χ0v) is 15.0. The van der Waals surface area contributed by atoms with Gasteiger partial charge >= 0.3 is 0 Å². The molecule has 0 unspecified atom stereocenters. The third kappa shape index (κ3) is 3.43. The molecule has 1 aliphatic heterocycles. The number of halogens is 1. The van der Waals surface area contributed by atoms with Gasteiger partial charge in [-0.1, -0.05) is 6.07 Å². The predicted molar refractivity (Wildman–Crippen MR) is 96.8 cm³/mol. The van der Waals surface area contributed by atoms with E-state index < -0.39 is 5.91 Å². The number of aromatic nitrogens is 1. The Hall–Kier alpha value is -2.80. The number of rotatable bonds is 3. The van der Waals surface area contributed by atoms with E-state index in [1.807, 2.05) is 6.07 Å². The molecule has 3 rings (SSSR count).